The molecule has 0 amide bonds. The zero-order valence-corrected chi connectivity index (χ0v) is 13.8. The van der Waals surface area contributed by atoms with E-state index in [2.05, 4.69) is 0 Å². The first-order chi connectivity index (χ1) is 11.8. The van der Waals surface area contributed by atoms with Crippen LogP contribution in [-0.2, 0) is 9.53 Å². The van der Waals surface area contributed by atoms with Crippen LogP contribution in [0.3, 0.4) is 0 Å². The van der Waals surface area contributed by atoms with Crippen molar-refractivity contribution >= 4 is 5.97 Å². The Kier molecular flexibility index (Phi) is 7.41. The summed E-state index contributed by atoms with van der Waals surface area (Å²) in [6.45, 7) is 2.81. The number of esters is 1. The molecule has 0 aromatic heterocycles. The van der Waals surface area contributed by atoms with Crippen LogP contribution >= 0.6 is 0 Å². The van der Waals surface area contributed by atoms with Gasteiger partial charge in [0, 0.05) is 12.0 Å². The number of rotatable bonds is 9. The molecule has 0 aliphatic carbocycles. The Morgan fingerprint density at radius 2 is 1.38 bits per heavy atom. The van der Waals surface area contributed by atoms with E-state index in [0.717, 1.165) is 11.5 Å². The third-order valence-electron chi connectivity index (χ3n) is 3.23. The standard InChI is InChI=1S/C20H22O4/c1-17(9-8-14-22-18-10-4-2-5-11-18)20(21)24-16-15-23-19-12-6-3-7-13-19/h2-7,9-13H,8,14-16H2,1H3. The highest BCUT2D eigenvalue weighted by atomic mass is 16.6. The maximum Gasteiger partial charge on any atom is 0.333 e. The summed E-state index contributed by atoms with van der Waals surface area (Å²) in [5, 5.41) is 0. The topological polar surface area (TPSA) is 44.8 Å². The highest BCUT2D eigenvalue weighted by Crippen LogP contribution is 2.09. The van der Waals surface area contributed by atoms with Crippen molar-refractivity contribution in [2.45, 2.75) is 13.3 Å². The molecule has 0 saturated carbocycles. The third-order valence-corrected chi connectivity index (χ3v) is 3.23. The molecule has 0 fully saturated rings. The predicted octanol–water partition coefficient (Wildman–Crippen LogP) is 4.02. The van der Waals surface area contributed by atoms with Gasteiger partial charge in [-0.1, -0.05) is 42.5 Å². The van der Waals surface area contributed by atoms with Crippen LogP contribution in [-0.4, -0.2) is 25.8 Å². The number of benzene rings is 2. The van der Waals surface area contributed by atoms with Gasteiger partial charge in [-0.05, 0) is 31.2 Å². The Morgan fingerprint density at radius 1 is 0.833 bits per heavy atom. The van der Waals surface area contributed by atoms with Crippen LogP contribution in [0.4, 0.5) is 0 Å². The minimum atomic E-state index is -0.327. The van der Waals surface area contributed by atoms with Crippen LogP contribution in [0.1, 0.15) is 13.3 Å². The summed E-state index contributed by atoms with van der Waals surface area (Å²) < 4.78 is 16.2. The van der Waals surface area contributed by atoms with Gasteiger partial charge in [-0.2, -0.15) is 0 Å². The Labute approximate surface area is 142 Å². The highest BCUT2D eigenvalue weighted by Gasteiger charge is 2.05. The molecule has 4 nitrogen and oxygen atoms in total. The molecular formula is C20H22O4. The minimum absolute atomic E-state index is 0.222. The molecule has 0 heterocycles. The Morgan fingerprint density at radius 3 is 1.96 bits per heavy atom. The number of ether oxygens (including phenoxy) is 3. The minimum Gasteiger partial charge on any atom is -0.493 e. The van der Waals surface area contributed by atoms with Crippen molar-refractivity contribution in [3.05, 3.63) is 72.3 Å². The van der Waals surface area contributed by atoms with E-state index in [1.165, 1.54) is 0 Å². The third kappa shape index (κ3) is 6.57. The lowest BCUT2D eigenvalue weighted by molar-refractivity contribution is -0.139. The van der Waals surface area contributed by atoms with Gasteiger partial charge in [0.2, 0.25) is 0 Å². The Balaban J connectivity index is 1.60. The Hall–Kier alpha value is -2.75. The van der Waals surface area contributed by atoms with Crippen molar-refractivity contribution in [2.75, 3.05) is 19.8 Å². The molecule has 4 heteroatoms. The molecule has 0 saturated heterocycles. The SMILES string of the molecule is CC(=CCCOc1ccccc1)C(=O)OCCOc1ccccc1. The molecule has 0 bridgehead atoms. The van der Waals surface area contributed by atoms with Gasteiger partial charge in [-0.3, -0.25) is 0 Å². The van der Waals surface area contributed by atoms with Crippen LogP contribution in [0.25, 0.3) is 0 Å². The van der Waals surface area contributed by atoms with E-state index in [1.54, 1.807) is 6.92 Å². The monoisotopic (exact) mass is 326 g/mol. The molecule has 2 aromatic carbocycles. The summed E-state index contributed by atoms with van der Waals surface area (Å²) in [5.74, 6) is 1.26. The summed E-state index contributed by atoms with van der Waals surface area (Å²) in [5.41, 5.74) is 0.575. The number of carbonyl (C=O) groups is 1. The van der Waals surface area contributed by atoms with E-state index in [0.29, 0.717) is 25.2 Å². The smallest absolute Gasteiger partial charge is 0.333 e. The normalized spacial score (nSPS) is 11.0. The summed E-state index contributed by atoms with van der Waals surface area (Å²) >= 11 is 0. The van der Waals surface area contributed by atoms with Crippen molar-refractivity contribution in [3.8, 4) is 11.5 Å². The fraction of sp³-hybridized carbons (Fsp3) is 0.250. The van der Waals surface area contributed by atoms with Crippen molar-refractivity contribution < 1.29 is 19.0 Å². The van der Waals surface area contributed by atoms with E-state index >= 15 is 0 Å². The van der Waals surface area contributed by atoms with E-state index in [9.17, 15) is 4.79 Å². The first-order valence-corrected chi connectivity index (χ1v) is 7.95. The van der Waals surface area contributed by atoms with E-state index in [1.807, 2.05) is 66.7 Å². The summed E-state index contributed by atoms with van der Waals surface area (Å²) in [4.78, 5) is 11.8. The molecule has 126 valence electrons. The first-order valence-electron chi connectivity index (χ1n) is 7.95. The number of carbonyl (C=O) groups excluding carboxylic acids is 1. The van der Waals surface area contributed by atoms with Crippen LogP contribution in [0, 0.1) is 0 Å². The van der Waals surface area contributed by atoms with Gasteiger partial charge in [-0.25, -0.2) is 4.79 Å². The second-order valence-electron chi connectivity index (χ2n) is 5.13. The van der Waals surface area contributed by atoms with Crippen molar-refractivity contribution in [2.24, 2.45) is 0 Å². The number of hydrogen-bond donors (Lipinski definition) is 0. The molecule has 2 rings (SSSR count). The first kappa shape index (κ1) is 17.6. The summed E-state index contributed by atoms with van der Waals surface area (Å²) in [6, 6.07) is 19.0. The number of para-hydroxylation sites is 2. The molecule has 0 unspecified atom stereocenters. The molecular weight excluding hydrogens is 304 g/mol. The molecule has 0 aliphatic rings. The van der Waals surface area contributed by atoms with E-state index in [-0.39, 0.29) is 12.6 Å². The largest absolute Gasteiger partial charge is 0.493 e. The second kappa shape index (κ2) is 10.1. The quantitative estimate of drug-likeness (QED) is 0.396. The molecule has 0 spiro atoms. The fourth-order valence-corrected chi connectivity index (χ4v) is 1.98. The van der Waals surface area contributed by atoms with Crippen molar-refractivity contribution in [1.29, 1.82) is 0 Å². The zero-order valence-electron chi connectivity index (χ0n) is 13.8. The Bertz CT molecular complexity index is 635. The van der Waals surface area contributed by atoms with Gasteiger partial charge < -0.3 is 14.2 Å². The van der Waals surface area contributed by atoms with Crippen LogP contribution < -0.4 is 9.47 Å². The van der Waals surface area contributed by atoms with Crippen LogP contribution in [0.5, 0.6) is 11.5 Å². The summed E-state index contributed by atoms with van der Waals surface area (Å²) in [6.07, 6.45) is 2.47. The van der Waals surface area contributed by atoms with Crippen LogP contribution in [0.15, 0.2) is 72.3 Å². The average Bonchev–Trinajstić information content (AvgIpc) is 2.63. The lowest BCUT2D eigenvalue weighted by atomic mass is 10.2. The van der Waals surface area contributed by atoms with Crippen molar-refractivity contribution in [1.82, 2.24) is 0 Å². The van der Waals surface area contributed by atoms with Gasteiger partial charge in [0.25, 0.3) is 0 Å². The molecule has 0 N–H and O–H groups in total. The molecule has 24 heavy (non-hydrogen) atoms. The molecule has 0 radical (unpaired) electrons. The highest BCUT2D eigenvalue weighted by molar-refractivity contribution is 5.87. The maximum absolute atomic E-state index is 11.8. The van der Waals surface area contributed by atoms with Crippen molar-refractivity contribution in [3.63, 3.8) is 0 Å². The van der Waals surface area contributed by atoms with Crippen LogP contribution in [0.2, 0.25) is 0 Å². The molecule has 2 aromatic rings. The molecule has 0 atom stereocenters. The predicted molar refractivity (Wildman–Crippen MR) is 93.2 cm³/mol. The second-order valence-corrected chi connectivity index (χ2v) is 5.13. The fourth-order valence-electron chi connectivity index (χ4n) is 1.98. The van der Waals surface area contributed by atoms with Gasteiger partial charge in [-0.15, -0.1) is 0 Å². The maximum atomic E-state index is 11.8. The van der Waals surface area contributed by atoms with Gasteiger partial charge >= 0.3 is 5.97 Å². The van der Waals surface area contributed by atoms with Gasteiger partial charge in [0.05, 0.1) is 6.61 Å². The molecule has 0 aliphatic heterocycles. The van der Waals surface area contributed by atoms with Gasteiger partial charge in [0.15, 0.2) is 0 Å². The zero-order chi connectivity index (χ0) is 17.0. The average molecular weight is 326 g/mol. The summed E-state index contributed by atoms with van der Waals surface area (Å²) in [7, 11) is 0. The van der Waals surface area contributed by atoms with Gasteiger partial charge in [0.1, 0.15) is 24.7 Å². The number of hydrogen-bond acceptors (Lipinski definition) is 4. The lowest BCUT2D eigenvalue weighted by Crippen LogP contribution is -2.13. The van der Waals surface area contributed by atoms with E-state index < -0.39 is 0 Å². The lowest BCUT2D eigenvalue weighted by Gasteiger charge is -2.08. The van der Waals surface area contributed by atoms with E-state index in [4.69, 9.17) is 14.2 Å².